The molecule has 5 rings (SSSR count). The highest BCUT2D eigenvalue weighted by molar-refractivity contribution is 8.25. The molecule has 1 amide bonds. The van der Waals surface area contributed by atoms with E-state index in [1.807, 2.05) is 34.9 Å². The number of nitrogens with zero attached hydrogens (tertiary/aromatic N) is 4. The summed E-state index contributed by atoms with van der Waals surface area (Å²) in [4.78, 5) is 21.7. The molecule has 0 bridgehead atoms. The van der Waals surface area contributed by atoms with Crippen molar-refractivity contribution in [1.29, 1.82) is 0 Å². The zero-order valence-corrected chi connectivity index (χ0v) is 20.4. The van der Waals surface area contributed by atoms with Crippen molar-refractivity contribution in [1.82, 2.24) is 19.7 Å². The van der Waals surface area contributed by atoms with Gasteiger partial charge in [0.1, 0.15) is 0 Å². The molecule has 1 saturated heterocycles. The summed E-state index contributed by atoms with van der Waals surface area (Å²) in [6, 6.07) is 7.81. The van der Waals surface area contributed by atoms with Gasteiger partial charge < -0.3 is 10.6 Å². The van der Waals surface area contributed by atoms with E-state index in [1.165, 1.54) is 0 Å². The van der Waals surface area contributed by atoms with Crippen LogP contribution in [0.5, 0.6) is 0 Å². The maximum absolute atomic E-state index is 12.4. The third-order valence-electron chi connectivity index (χ3n) is 6.15. The van der Waals surface area contributed by atoms with E-state index in [9.17, 15) is 13.9 Å². The number of nitrogens with one attached hydrogen (secondary N) is 2. The summed E-state index contributed by atoms with van der Waals surface area (Å²) in [5.74, 6) is 1.83. The van der Waals surface area contributed by atoms with E-state index < -0.39 is 10.8 Å². The van der Waals surface area contributed by atoms with E-state index in [0.29, 0.717) is 47.1 Å². The lowest BCUT2D eigenvalue weighted by molar-refractivity contribution is 0.0951. The molecule has 2 aromatic heterocycles. The van der Waals surface area contributed by atoms with Gasteiger partial charge in [-0.3, -0.25) is 22.6 Å². The van der Waals surface area contributed by atoms with E-state index in [1.54, 1.807) is 10.5 Å². The third kappa shape index (κ3) is 4.70. The molecule has 0 unspecified atom stereocenters. The van der Waals surface area contributed by atoms with Crippen molar-refractivity contribution < 1.29 is 13.9 Å². The summed E-state index contributed by atoms with van der Waals surface area (Å²) in [5.41, 5.74) is 3.05. The van der Waals surface area contributed by atoms with E-state index >= 15 is 0 Å². The lowest BCUT2D eigenvalue weighted by Gasteiger charge is -2.46. The highest BCUT2D eigenvalue weighted by atomic mass is 32.3. The van der Waals surface area contributed by atoms with Gasteiger partial charge >= 0.3 is 0 Å². The average molecular weight is 485 g/mol. The minimum absolute atomic E-state index is 0.0471. The lowest BCUT2D eigenvalue weighted by atomic mass is 10.1. The Labute approximate surface area is 201 Å². The number of aromatic nitrogens is 3. The molecule has 3 heterocycles. The first kappa shape index (κ1) is 22.9. The van der Waals surface area contributed by atoms with Crippen LogP contribution in [0.15, 0.2) is 36.7 Å². The molecule has 10 heteroatoms. The van der Waals surface area contributed by atoms with E-state index in [0.717, 1.165) is 43.5 Å². The first-order valence-corrected chi connectivity index (χ1v) is 13.6. The molecule has 1 aliphatic heterocycles. The number of fused-ring (bicyclic) bond motifs is 1. The van der Waals surface area contributed by atoms with Crippen LogP contribution in [-0.2, 0) is 0 Å². The second-order valence-corrected chi connectivity index (χ2v) is 11.6. The fourth-order valence-electron chi connectivity index (χ4n) is 4.09. The third-order valence-corrected chi connectivity index (χ3v) is 8.06. The Balaban J connectivity index is 1.53. The van der Waals surface area contributed by atoms with Gasteiger partial charge in [0, 0.05) is 30.3 Å². The largest absolute Gasteiger partial charge is 0.367 e. The van der Waals surface area contributed by atoms with Crippen LogP contribution in [0.4, 0.5) is 11.6 Å². The fourth-order valence-corrected chi connectivity index (χ4v) is 5.71. The van der Waals surface area contributed by atoms with Crippen molar-refractivity contribution in [2.24, 2.45) is 5.92 Å². The van der Waals surface area contributed by atoms with Gasteiger partial charge in [0.05, 0.1) is 23.8 Å². The first-order chi connectivity index (χ1) is 16.3. The second kappa shape index (κ2) is 9.09. The molecule has 2 fully saturated rings. The Morgan fingerprint density at radius 2 is 1.97 bits per heavy atom. The monoisotopic (exact) mass is 484 g/mol. The van der Waals surface area contributed by atoms with Gasteiger partial charge in [-0.25, -0.2) is 9.97 Å². The van der Waals surface area contributed by atoms with Crippen molar-refractivity contribution in [3.05, 3.63) is 42.2 Å². The van der Waals surface area contributed by atoms with Crippen LogP contribution in [-0.4, -0.2) is 54.3 Å². The predicted molar refractivity (Wildman–Crippen MR) is 137 cm³/mol. The number of rotatable bonds is 7. The van der Waals surface area contributed by atoms with Crippen LogP contribution < -0.4 is 14.9 Å². The van der Waals surface area contributed by atoms with Gasteiger partial charge in [0.25, 0.3) is 5.91 Å². The smallest absolute Gasteiger partial charge is 0.251 e. The van der Waals surface area contributed by atoms with Gasteiger partial charge in [0.15, 0.2) is 17.3 Å². The molecule has 182 valence electrons. The number of hydrogen-bond acceptors (Lipinski definition) is 7. The quantitative estimate of drug-likeness (QED) is 0.387. The van der Waals surface area contributed by atoms with Crippen LogP contribution in [0, 0.1) is 5.92 Å². The minimum Gasteiger partial charge on any atom is -0.367 e. The number of benzene rings is 1. The standard InChI is InChI=1S/C24H32N6O3S/c1-16(2)13-25-22-23-26-14-20(17-5-7-18(8-6-17)24(31)27-19-9-10-19)29(23)15-21(28-22)30-11-3-4-12-34(30,32)33/h5-8,14-16,19,32-33H,3-4,9-13H2,1-2H3,(H,25,28)(H,27,31). The lowest BCUT2D eigenvalue weighted by Crippen LogP contribution is -2.35. The van der Waals surface area contributed by atoms with Gasteiger partial charge in [-0.1, -0.05) is 26.0 Å². The molecule has 34 heavy (non-hydrogen) atoms. The first-order valence-electron chi connectivity index (χ1n) is 11.9. The molecule has 0 spiro atoms. The summed E-state index contributed by atoms with van der Waals surface area (Å²) in [5, 5.41) is 6.39. The maximum atomic E-state index is 12.4. The Hall–Kier alpha value is -2.82. The van der Waals surface area contributed by atoms with E-state index in [2.05, 4.69) is 29.5 Å². The molecule has 0 atom stereocenters. The topological polar surface area (TPSA) is 115 Å². The summed E-state index contributed by atoms with van der Waals surface area (Å²) in [6.07, 6.45) is 7.38. The van der Waals surface area contributed by atoms with Crippen LogP contribution in [0.1, 0.15) is 49.9 Å². The summed E-state index contributed by atoms with van der Waals surface area (Å²) < 4.78 is 25.0. The molecule has 2 aliphatic rings. The van der Waals surface area contributed by atoms with Crippen molar-refractivity contribution in [3.63, 3.8) is 0 Å². The average Bonchev–Trinajstić information content (AvgIpc) is 3.52. The molecule has 0 radical (unpaired) electrons. The van der Waals surface area contributed by atoms with Crippen LogP contribution >= 0.6 is 10.8 Å². The van der Waals surface area contributed by atoms with Crippen LogP contribution in [0.3, 0.4) is 0 Å². The van der Waals surface area contributed by atoms with Gasteiger partial charge in [0.2, 0.25) is 0 Å². The highest BCUT2D eigenvalue weighted by Gasteiger charge is 2.29. The molecule has 4 N–H and O–H groups in total. The number of amides is 1. The molecule has 3 aromatic rings. The maximum Gasteiger partial charge on any atom is 0.251 e. The van der Waals surface area contributed by atoms with Gasteiger partial charge in [-0.2, -0.15) is 0 Å². The van der Waals surface area contributed by atoms with Crippen LogP contribution in [0.2, 0.25) is 0 Å². The highest BCUT2D eigenvalue weighted by Crippen LogP contribution is 2.49. The summed E-state index contributed by atoms with van der Waals surface area (Å²) >= 11 is 0. The Kier molecular flexibility index (Phi) is 6.13. The molecule has 1 saturated carbocycles. The van der Waals surface area contributed by atoms with E-state index in [4.69, 9.17) is 4.98 Å². The summed E-state index contributed by atoms with van der Waals surface area (Å²) in [6.45, 7) is 5.50. The van der Waals surface area contributed by atoms with Crippen molar-refractivity contribution in [2.45, 2.75) is 45.6 Å². The van der Waals surface area contributed by atoms with Crippen molar-refractivity contribution >= 4 is 34.0 Å². The van der Waals surface area contributed by atoms with Crippen LogP contribution in [0.25, 0.3) is 16.9 Å². The normalized spacial score (nSPS) is 18.8. The Morgan fingerprint density at radius 1 is 1.21 bits per heavy atom. The summed E-state index contributed by atoms with van der Waals surface area (Å²) in [7, 11) is -2.91. The number of carbonyl (C=O) groups excluding carboxylic acids is 1. The molecule has 1 aromatic carbocycles. The van der Waals surface area contributed by atoms with Crippen molar-refractivity contribution in [2.75, 3.05) is 28.5 Å². The number of hydrogen-bond donors (Lipinski definition) is 4. The Bertz CT molecular complexity index is 1190. The zero-order chi connectivity index (χ0) is 23.9. The van der Waals surface area contributed by atoms with E-state index in [-0.39, 0.29) is 5.91 Å². The molecule has 1 aliphatic carbocycles. The number of carbonyl (C=O) groups is 1. The predicted octanol–water partition coefficient (Wildman–Crippen LogP) is 4.62. The Morgan fingerprint density at radius 3 is 2.65 bits per heavy atom. The number of imidazole rings is 1. The van der Waals surface area contributed by atoms with Crippen molar-refractivity contribution in [3.8, 4) is 11.3 Å². The SMILES string of the molecule is CC(C)CNc1nc(N2CCCCS2(O)O)cn2c(-c3ccc(C(=O)NC4CC4)cc3)cnc12. The minimum atomic E-state index is -2.91. The molecular formula is C24H32N6O3S. The number of anilines is 2. The van der Waals surface area contributed by atoms with Gasteiger partial charge in [-0.15, -0.1) is 10.8 Å². The fraction of sp³-hybridized carbons (Fsp3) is 0.458. The zero-order valence-electron chi connectivity index (χ0n) is 19.6. The molecular weight excluding hydrogens is 452 g/mol. The molecule has 9 nitrogen and oxygen atoms in total. The second-order valence-electron chi connectivity index (χ2n) is 9.53. The van der Waals surface area contributed by atoms with Gasteiger partial charge in [-0.05, 0) is 43.7 Å².